The van der Waals surface area contributed by atoms with Crippen molar-refractivity contribution in [1.29, 1.82) is 0 Å². The van der Waals surface area contributed by atoms with Crippen molar-refractivity contribution in [3.8, 4) is 0 Å². The van der Waals surface area contributed by atoms with Gasteiger partial charge in [-0.05, 0) is 52.4 Å². The van der Waals surface area contributed by atoms with Crippen molar-refractivity contribution >= 4 is 11.8 Å². The van der Waals surface area contributed by atoms with Crippen LogP contribution < -0.4 is 5.32 Å². The number of nitrogens with zero attached hydrogens (tertiary/aromatic N) is 1. The SMILES string of the molecule is CC1C(=O)NC(C)(C2CC2)C(=O)N1C1(C)CCOCC1. The lowest BCUT2D eigenvalue weighted by Crippen LogP contribution is -2.74. The number of carbonyl (C=O) groups excluding carboxylic acids is 2. The van der Waals surface area contributed by atoms with E-state index >= 15 is 0 Å². The molecule has 0 aromatic heterocycles. The Bertz CT molecular complexity index is 440. The number of hydrogen-bond acceptors (Lipinski definition) is 3. The van der Waals surface area contributed by atoms with Gasteiger partial charge in [-0.25, -0.2) is 0 Å². The minimum Gasteiger partial charge on any atom is -0.381 e. The quantitative estimate of drug-likeness (QED) is 0.823. The van der Waals surface area contributed by atoms with Crippen molar-refractivity contribution in [3.63, 3.8) is 0 Å². The Morgan fingerprint density at radius 1 is 1.20 bits per heavy atom. The van der Waals surface area contributed by atoms with E-state index < -0.39 is 11.6 Å². The van der Waals surface area contributed by atoms with Crippen LogP contribution in [-0.4, -0.2) is 47.0 Å². The summed E-state index contributed by atoms with van der Waals surface area (Å²) in [4.78, 5) is 27.3. The minimum atomic E-state index is -0.703. The Hall–Kier alpha value is -1.10. The van der Waals surface area contributed by atoms with Gasteiger partial charge in [0.25, 0.3) is 0 Å². The van der Waals surface area contributed by atoms with Crippen LogP contribution in [0.1, 0.15) is 46.5 Å². The van der Waals surface area contributed by atoms with Crippen LogP contribution in [0.25, 0.3) is 0 Å². The zero-order chi connectivity index (χ0) is 14.5. The second kappa shape index (κ2) is 4.45. The molecule has 2 amide bonds. The molecule has 1 N–H and O–H groups in total. The summed E-state index contributed by atoms with van der Waals surface area (Å²) in [7, 11) is 0. The van der Waals surface area contributed by atoms with Gasteiger partial charge >= 0.3 is 0 Å². The number of hydrogen-bond donors (Lipinski definition) is 1. The highest BCUT2D eigenvalue weighted by Crippen LogP contribution is 2.44. The van der Waals surface area contributed by atoms with Gasteiger partial charge in [0.05, 0.1) is 0 Å². The second-order valence-corrected chi connectivity index (χ2v) is 6.93. The number of piperazine rings is 1. The summed E-state index contributed by atoms with van der Waals surface area (Å²) in [6.45, 7) is 7.15. The Labute approximate surface area is 120 Å². The van der Waals surface area contributed by atoms with Crippen molar-refractivity contribution in [2.75, 3.05) is 13.2 Å². The Morgan fingerprint density at radius 3 is 2.35 bits per heavy atom. The van der Waals surface area contributed by atoms with E-state index in [0.29, 0.717) is 19.1 Å². The average molecular weight is 280 g/mol. The van der Waals surface area contributed by atoms with Crippen molar-refractivity contribution in [1.82, 2.24) is 10.2 Å². The molecule has 2 atom stereocenters. The smallest absolute Gasteiger partial charge is 0.249 e. The van der Waals surface area contributed by atoms with Gasteiger partial charge in [0.2, 0.25) is 11.8 Å². The summed E-state index contributed by atoms with van der Waals surface area (Å²) in [6.07, 6.45) is 3.67. The summed E-state index contributed by atoms with van der Waals surface area (Å²) in [5.74, 6) is 0.376. The van der Waals surface area contributed by atoms with E-state index in [2.05, 4.69) is 12.2 Å². The van der Waals surface area contributed by atoms with E-state index in [0.717, 1.165) is 25.7 Å². The standard InChI is InChI=1S/C15H24N2O3/c1-10-12(18)16-15(3,11-4-5-11)13(19)17(10)14(2)6-8-20-9-7-14/h10-11H,4-9H2,1-3H3,(H,16,18). The Kier molecular flexibility index (Phi) is 3.08. The van der Waals surface area contributed by atoms with E-state index in [4.69, 9.17) is 4.74 Å². The molecule has 1 aliphatic carbocycles. The lowest BCUT2D eigenvalue weighted by Gasteiger charge is -2.53. The van der Waals surface area contributed by atoms with Crippen LogP contribution in [0.4, 0.5) is 0 Å². The fraction of sp³-hybridized carbons (Fsp3) is 0.867. The molecule has 112 valence electrons. The number of amides is 2. The molecule has 20 heavy (non-hydrogen) atoms. The van der Waals surface area contributed by atoms with Gasteiger partial charge in [-0.1, -0.05) is 0 Å². The average Bonchev–Trinajstić information content (AvgIpc) is 3.22. The summed E-state index contributed by atoms with van der Waals surface area (Å²) in [5.41, 5.74) is -0.965. The maximum Gasteiger partial charge on any atom is 0.249 e. The summed E-state index contributed by atoms with van der Waals surface area (Å²) in [5, 5.41) is 2.98. The molecule has 0 aromatic rings. The van der Waals surface area contributed by atoms with Gasteiger partial charge < -0.3 is 15.0 Å². The third-order valence-electron chi connectivity index (χ3n) is 5.36. The van der Waals surface area contributed by atoms with Crippen LogP contribution in [0.5, 0.6) is 0 Å². The van der Waals surface area contributed by atoms with Crippen molar-refractivity contribution in [3.05, 3.63) is 0 Å². The zero-order valence-electron chi connectivity index (χ0n) is 12.6. The molecule has 2 heterocycles. The van der Waals surface area contributed by atoms with Crippen LogP contribution in [0, 0.1) is 5.92 Å². The largest absolute Gasteiger partial charge is 0.381 e. The molecule has 5 nitrogen and oxygen atoms in total. The lowest BCUT2D eigenvalue weighted by atomic mass is 9.82. The Balaban J connectivity index is 1.94. The number of ether oxygens (including phenoxy) is 1. The molecule has 0 spiro atoms. The van der Waals surface area contributed by atoms with Gasteiger partial charge in [0.15, 0.2) is 0 Å². The molecular weight excluding hydrogens is 256 g/mol. The van der Waals surface area contributed by atoms with Gasteiger partial charge in [-0.15, -0.1) is 0 Å². The molecule has 2 aliphatic heterocycles. The lowest BCUT2D eigenvalue weighted by molar-refractivity contribution is -0.166. The van der Waals surface area contributed by atoms with E-state index in [-0.39, 0.29) is 17.4 Å². The number of carbonyl (C=O) groups is 2. The Morgan fingerprint density at radius 2 is 1.80 bits per heavy atom. The van der Waals surface area contributed by atoms with Gasteiger partial charge in [0, 0.05) is 18.8 Å². The van der Waals surface area contributed by atoms with Crippen LogP contribution in [0.15, 0.2) is 0 Å². The van der Waals surface area contributed by atoms with Crippen LogP contribution in [0.3, 0.4) is 0 Å². The third kappa shape index (κ3) is 1.94. The van der Waals surface area contributed by atoms with E-state index in [1.54, 1.807) is 0 Å². The molecule has 5 heteroatoms. The highest BCUT2D eigenvalue weighted by molar-refractivity contribution is 6.00. The zero-order valence-corrected chi connectivity index (χ0v) is 12.6. The maximum atomic E-state index is 13.1. The number of rotatable bonds is 2. The monoisotopic (exact) mass is 280 g/mol. The van der Waals surface area contributed by atoms with Gasteiger partial charge in [-0.3, -0.25) is 9.59 Å². The van der Waals surface area contributed by atoms with Gasteiger partial charge in [0.1, 0.15) is 11.6 Å². The van der Waals surface area contributed by atoms with Crippen molar-refractivity contribution in [2.45, 2.75) is 63.6 Å². The summed E-state index contributed by atoms with van der Waals surface area (Å²) in [6, 6.07) is -0.391. The van der Waals surface area contributed by atoms with E-state index in [1.807, 2.05) is 18.7 Å². The van der Waals surface area contributed by atoms with E-state index in [9.17, 15) is 9.59 Å². The first-order valence-electron chi connectivity index (χ1n) is 7.62. The number of nitrogens with one attached hydrogen (secondary N) is 1. The first-order valence-corrected chi connectivity index (χ1v) is 7.62. The molecule has 0 radical (unpaired) electrons. The topological polar surface area (TPSA) is 58.6 Å². The fourth-order valence-corrected chi connectivity index (χ4v) is 3.66. The molecule has 3 aliphatic rings. The minimum absolute atomic E-state index is 0.0216. The highest BCUT2D eigenvalue weighted by atomic mass is 16.5. The molecule has 2 unspecified atom stereocenters. The van der Waals surface area contributed by atoms with Gasteiger partial charge in [-0.2, -0.15) is 0 Å². The first kappa shape index (κ1) is 13.9. The molecule has 1 saturated carbocycles. The molecule has 2 saturated heterocycles. The first-order chi connectivity index (χ1) is 9.38. The third-order valence-corrected chi connectivity index (χ3v) is 5.36. The molecule has 3 fully saturated rings. The van der Waals surface area contributed by atoms with E-state index in [1.165, 1.54) is 0 Å². The normalized spacial score (nSPS) is 37.8. The molecule has 3 rings (SSSR count). The molecule has 0 bridgehead atoms. The highest BCUT2D eigenvalue weighted by Gasteiger charge is 2.57. The predicted octanol–water partition coefficient (Wildman–Crippen LogP) is 1.07. The fourth-order valence-electron chi connectivity index (χ4n) is 3.66. The second-order valence-electron chi connectivity index (χ2n) is 6.93. The molecule has 0 aromatic carbocycles. The predicted molar refractivity (Wildman–Crippen MR) is 74.0 cm³/mol. The van der Waals surface area contributed by atoms with Crippen molar-refractivity contribution in [2.24, 2.45) is 5.92 Å². The van der Waals surface area contributed by atoms with Crippen LogP contribution in [-0.2, 0) is 14.3 Å². The molecular formula is C15H24N2O3. The van der Waals surface area contributed by atoms with Crippen molar-refractivity contribution < 1.29 is 14.3 Å². The maximum absolute atomic E-state index is 13.1. The summed E-state index contributed by atoms with van der Waals surface area (Å²) < 4.78 is 5.43. The summed E-state index contributed by atoms with van der Waals surface area (Å²) >= 11 is 0. The van der Waals surface area contributed by atoms with Crippen LogP contribution >= 0.6 is 0 Å². The van der Waals surface area contributed by atoms with Crippen LogP contribution in [0.2, 0.25) is 0 Å².